The van der Waals surface area contributed by atoms with Gasteiger partial charge in [0.1, 0.15) is 5.75 Å². The van der Waals surface area contributed by atoms with Gasteiger partial charge in [0.25, 0.3) is 0 Å². The highest BCUT2D eigenvalue weighted by Gasteiger charge is 2.32. The molecule has 1 aromatic rings. The van der Waals surface area contributed by atoms with Crippen molar-refractivity contribution in [1.29, 1.82) is 0 Å². The summed E-state index contributed by atoms with van der Waals surface area (Å²) in [5, 5.41) is 3.48. The van der Waals surface area contributed by atoms with E-state index in [2.05, 4.69) is 42.3 Å². The summed E-state index contributed by atoms with van der Waals surface area (Å²) in [6.07, 6.45) is 4.11. The van der Waals surface area contributed by atoms with E-state index in [1.54, 1.807) is 7.11 Å². The molecule has 1 heterocycles. The van der Waals surface area contributed by atoms with Crippen molar-refractivity contribution >= 4 is 24.8 Å². The molecule has 1 aliphatic heterocycles. The van der Waals surface area contributed by atoms with Crippen LogP contribution in [0.15, 0.2) is 18.2 Å². The van der Waals surface area contributed by atoms with E-state index in [0.29, 0.717) is 12.0 Å². The molecule has 24 heavy (non-hydrogen) atoms. The van der Waals surface area contributed by atoms with E-state index >= 15 is 0 Å². The summed E-state index contributed by atoms with van der Waals surface area (Å²) in [6.45, 7) is 9.04. The molecule has 0 amide bonds. The summed E-state index contributed by atoms with van der Waals surface area (Å²) in [5.74, 6) is 2.55. The van der Waals surface area contributed by atoms with E-state index in [-0.39, 0.29) is 24.8 Å². The first-order chi connectivity index (χ1) is 10.7. The minimum Gasteiger partial charge on any atom is -0.496 e. The number of hydrogen-bond acceptors (Lipinski definition) is 3. The van der Waals surface area contributed by atoms with Gasteiger partial charge in [-0.2, -0.15) is 0 Å². The van der Waals surface area contributed by atoms with Crippen LogP contribution < -0.4 is 10.1 Å². The van der Waals surface area contributed by atoms with Crippen LogP contribution in [0.5, 0.6) is 5.75 Å². The van der Waals surface area contributed by atoms with Gasteiger partial charge in [-0.1, -0.05) is 38.8 Å². The van der Waals surface area contributed by atoms with E-state index in [1.165, 1.54) is 30.4 Å². The highest BCUT2D eigenvalue weighted by molar-refractivity contribution is 5.85. The molecule has 5 heteroatoms. The fraction of sp³-hybridized carbons (Fsp3) is 0.684. The van der Waals surface area contributed by atoms with Gasteiger partial charge in [0.15, 0.2) is 0 Å². The van der Waals surface area contributed by atoms with Crippen LogP contribution in [0.2, 0.25) is 0 Å². The van der Waals surface area contributed by atoms with Crippen molar-refractivity contribution in [3.8, 4) is 5.75 Å². The number of methoxy groups -OCH3 is 1. The highest BCUT2D eigenvalue weighted by atomic mass is 35.5. The van der Waals surface area contributed by atoms with Gasteiger partial charge in [0.2, 0.25) is 0 Å². The molecule has 0 unspecified atom stereocenters. The third kappa shape index (κ3) is 5.26. The Labute approximate surface area is 159 Å². The van der Waals surface area contributed by atoms with Crippen LogP contribution in [-0.4, -0.2) is 38.2 Å². The Hall–Kier alpha value is -0.480. The number of hydrogen-bond donors (Lipinski definition) is 1. The zero-order chi connectivity index (χ0) is 15.5. The molecule has 2 fully saturated rings. The first kappa shape index (κ1) is 21.6. The molecular weight excluding hydrogens is 343 g/mol. The first-order valence-electron chi connectivity index (χ1n) is 8.81. The molecule has 1 aromatic carbocycles. The summed E-state index contributed by atoms with van der Waals surface area (Å²) >= 11 is 0. The molecule has 0 radical (unpaired) electrons. The van der Waals surface area contributed by atoms with Crippen molar-refractivity contribution in [3.63, 3.8) is 0 Å². The molecule has 0 bridgehead atoms. The first-order valence-corrected chi connectivity index (χ1v) is 8.81. The number of nitrogens with zero attached hydrogens (tertiary/aromatic N) is 1. The molecule has 1 saturated carbocycles. The van der Waals surface area contributed by atoms with Crippen molar-refractivity contribution < 1.29 is 4.74 Å². The number of ether oxygens (including phenoxy) is 1. The summed E-state index contributed by atoms with van der Waals surface area (Å²) < 4.78 is 5.71. The van der Waals surface area contributed by atoms with E-state index in [4.69, 9.17) is 4.74 Å². The molecule has 0 aromatic heterocycles. The SMILES string of the molecule is COc1ccc(C(C)C)cc1[C@@H](CC1CC1)N1CCNCC1.Cl.Cl. The average Bonchev–Trinajstić information content (AvgIpc) is 3.37. The fourth-order valence-corrected chi connectivity index (χ4v) is 3.51. The molecular formula is C19H32Cl2N2O. The van der Waals surface area contributed by atoms with Gasteiger partial charge < -0.3 is 10.1 Å². The predicted molar refractivity (Wildman–Crippen MR) is 106 cm³/mol. The Balaban J connectivity index is 0.00000144. The maximum absolute atomic E-state index is 5.71. The lowest BCUT2D eigenvalue weighted by Crippen LogP contribution is -2.45. The van der Waals surface area contributed by atoms with Crippen molar-refractivity contribution in [3.05, 3.63) is 29.3 Å². The topological polar surface area (TPSA) is 24.5 Å². The molecule has 0 spiro atoms. The van der Waals surface area contributed by atoms with E-state index in [0.717, 1.165) is 37.8 Å². The fourth-order valence-electron chi connectivity index (χ4n) is 3.51. The summed E-state index contributed by atoms with van der Waals surface area (Å²) in [5.41, 5.74) is 2.83. The highest BCUT2D eigenvalue weighted by Crippen LogP contribution is 2.43. The van der Waals surface area contributed by atoms with Crippen molar-refractivity contribution in [2.45, 2.75) is 45.1 Å². The van der Waals surface area contributed by atoms with E-state index < -0.39 is 0 Å². The van der Waals surface area contributed by atoms with Gasteiger partial charge in [0, 0.05) is 37.8 Å². The maximum Gasteiger partial charge on any atom is 0.123 e. The normalized spacial score (nSPS) is 19.3. The molecule has 1 saturated heterocycles. The molecule has 1 atom stereocenters. The van der Waals surface area contributed by atoms with Crippen LogP contribution in [0.1, 0.15) is 56.2 Å². The average molecular weight is 375 g/mol. The van der Waals surface area contributed by atoms with Crippen LogP contribution in [-0.2, 0) is 0 Å². The second kappa shape index (κ2) is 9.86. The molecule has 138 valence electrons. The van der Waals surface area contributed by atoms with Gasteiger partial charge >= 0.3 is 0 Å². The molecule has 3 rings (SSSR count). The van der Waals surface area contributed by atoms with E-state index in [1.807, 2.05) is 0 Å². The summed E-state index contributed by atoms with van der Waals surface area (Å²) in [7, 11) is 1.81. The zero-order valence-electron chi connectivity index (χ0n) is 15.1. The lowest BCUT2D eigenvalue weighted by molar-refractivity contribution is 0.157. The van der Waals surface area contributed by atoms with Crippen LogP contribution in [0.3, 0.4) is 0 Å². The Bertz CT molecular complexity index is 500. The quantitative estimate of drug-likeness (QED) is 0.797. The number of piperazine rings is 1. The second-order valence-electron chi connectivity index (χ2n) is 7.14. The number of halogens is 2. The molecule has 2 aliphatic rings. The Morgan fingerprint density at radius 3 is 2.38 bits per heavy atom. The van der Waals surface area contributed by atoms with Crippen molar-refractivity contribution in [2.75, 3.05) is 33.3 Å². The van der Waals surface area contributed by atoms with Gasteiger partial charge in [-0.3, -0.25) is 4.90 Å². The Morgan fingerprint density at radius 1 is 1.17 bits per heavy atom. The minimum absolute atomic E-state index is 0. The van der Waals surface area contributed by atoms with Crippen LogP contribution in [0.4, 0.5) is 0 Å². The Morgan fingerprint density at radius 2 is 1.83 bits per heavy atom. The lowest BCUT2D eigenvalue weighted by Gasteiger charge is -2.36. The van der Waals surface area contributed by atoms with Crippen LogP contribution >= 0.6 is 24.8 Å². The zero-order valence-corrected chi connectivity index (χ0v) is 16.7. The molecule has 1 N–H and O–H groups in total. The predicted octanol–water partition coefficient (Wildman–Crippen LogP) is 4.41. The third-order valence-electron chi connectivity index (χ3n) is 5.13. The lowest BCUT2D eigenvalue weighted by atomic mass is 9.93. The standard InChI is InChI=1S/C19H30N2O.2ClH/c1-14(2)16-6-7-19(22-3)17(13-16)18(12-15-4-5-15)21-10-8-20-9-11-21;;/h6-7,13-15,18,20H,4-5,8-12H2,1-3H3;2*1H/t18-;;/m1../s1. The monoisotopic (exact) mass is 374 g/mol. The number of benzene rings is 1. The number of nitrogens with one attached hydrogen (secondary N) is 1. The van der Waals surface area contributed by atoms with Gasteiger partial charge in [-0.25, -0.2) is 0 Å². The van der Waals surface area contributed by atoms with Crippen LogP contribution in [0.25, 0.3) is 0 Å². The third-order valence-corrected chi connectivity index (χ3v) is 5.13. The maximum atomic E-state index is 5.71. The minimum atomic E-state index is 0. The largest absolute Gasteiger partial charge is 0.496 e. The number of rotatable bonds is 6. The van der Waals surface area contributed by atoms with Crippen LogP contribution in [0, 0.1) is 5.92 Å². The Kier molecular flexibility index (Phi) is 8.86. The summed E-state index contributed by atoms with van der Waals surface area (Å²) in [6, 6.07) is 7.31. The molecule has 1 aliphatic carbocycles. The summed E-state index contributed by atoms with van der Waals surface area (Å²) in [4.78, 5) is 2.66. The van der Waals surface area contributed by atoms with E-state index in [9.17, 15) is 0 Å². The molecule has 3 nitrogen and oxygen atoms in total. The second-order valence-corrected chi connectivity index (χ2v) is 7.14. The van der Waals surface area contributed by atoms with Gasteiger partial charge in [0.05, 0.1) is 7.11 Å². The smallest absolute Gasteiger partial charge is 0.123 e. The van der Waals surface area contributed by atoms with Gasteiger partial charge in [-0.05, 0) is 29.9 Å². The van der Waals surface area contributed by atoms with Gasteiger partial charge in [-0.15, -0.1) is 24.8 Å². The van der Waals surface area contributed by atoms with Crippen molar-refractivity contribution in [2.24, 2.45) is 5.92 Å². The van der Waals surface area contributed by atoms with Crippen molar-refractivity contribution in [1.82, 2.24) is 10.2 Å².